The zero-order valence-corrected chi connectivity index (χ0v) is 10.6. The van der Waals surface area contributed by atoms with Crippen molar-refractivity contribution in [2.24, 2.45) is 0 Å². The fourth-order valence-electron chi connectivity index (χ4n) is 1.93. The Morgan fingerprint density at radius 3 is 1.13 bits per heavy atom. The molecule has 0 N–H and O–H groups in total. The Bertz CT molecular complexity index is 376. The van der Waals surface area contributed by atoms with E-state index in [0.717, 1.165) is 16.7 Å². The highest BCUT2D eigenvalue weighted by atomic mass is 28.5. The highest BCUT2D eigenvalue weighted by Crippen LogP contribution is 2.23. The lowest BCUT2D eigenvalue weighted by Crippen LogP contribution is -2.39. The van der Waals surface area contributed by atoms with Crippen LogP contribution in [-0.2, 0) is 0 Å². The summed E-state index contributed by atoms with van der Waals surface area (Å²) in [5.41, 5.74) is 3.35. The molecule has 0 amide bonds. The molecular formula is C11H15F3Si. The van der Waals surface area contributed by atoms with Crippen LogP contribution < -0.4 is 5.19 Å². The molecule has 15 heavy (non-hydrogen) atoms. The van der Waals surface area contributed by atoms with Crippen molar-refractivity contribution in [3.8, 4) is 0 Å². The molecule has 1 aromatic rings. The van der Waals surface area contributed by atoms with Crippen molar-refractivity contribution in [2.45, 2.75) is 34.6 Å². The van der Waals surface area contributed by atoms with Gasteiger partial charge in [0, 0.05) is 5.19 Å². The number of rotatable bonds is 1. The first-order valence-corrected chi connectivity index (χ1v) is 6.45. The Morgan fingerprint density at radius 2 is 0.867 bits per heavy atom. The molecule has 0 saturated carbocycles. The van der Waals surface area contributed by atoms with E-state index >= 15 is 0 Å². The van der Waals surface area contributed by atoms with E-state index in [4.69, 9.17) is 0 Å². The van der Waals surface area contributed by atoms with Crippen molar-refractivity contribution in [1.29, 1.82) is 0 Å². The van der Waals surface area contributed by atoms with E-state index < -0.39 is 9.08 Å². The average molecular weight is 232 g/mol. The topological polar surface area (TPSA) is 0 Å². The molecule has 0 aliphatic rings. The third-order valence-electron chi connectivity index (χ3n) is 3.28. The quantitative estimate of drug-likeness (QED) is 0.515. The van der Waals surface area contributed by atoms with Gasteiger partial charge in [-0.05, 0) is 62.4 Å². The highest BCUT2D eigenvalue weighted by molar-refractivity contribution is 6.74. The summed E-state index contributed by atoms with van der Waals surface area (Å²) in [4.78, 5) is 0. The number of hydrogen-bond donors (Lipinski definition) is 0. The predicted octanol–water partition coefficient (Wildman–Crippen LogP) is 3.28. The molecule has 0 aliphatic heterocycles. The molecule has 0 nitrogen and oxygen atoms in total. The van der Waals surface area contributed by atoms with E-state index in [1.807, 2.05) is 6.92 Å². The fraction of sp³-hybridized carbons (Fsp3) is 0.455. The van der Waals surface area contributed by atoms with Gasteiger partial charge in [0.15, 0.2) is 0 Å². The van der Waals surface area contributed by atoms with Crippen LogP contribution in [0.1, 0.15) is 27.8 Å². The van der Waals surface area contributed by atoms with Crippen molar-refractivity contribution in [1.82, 2.24) is 0 Å². The van der Waals surface area contributed by atoms with Gasteiger partial charge in [-0.1, -0.05) is 0 Å². The third kappa shape index (κ3) is 1.95. The number of benzene rings is 1. The van der Waals surface area contributed by atoms with E-state index in [1.165, 1.54) is 0 Å². The van der Waals surface area contributed by atoms with Crippen LogP contribution in [0.3, 0.4) is 0 Å². The molecule has 1 rings (SSSR count). The first kappa shape index (κ1) is 12.3. The van der Waals surface area contributed by atoms with Crippen LogP contribution in [-0.4, -0.2) is 9.08 Å². The third-order valence-corrected chi connectivity index (χ3v) is 4.60. The van der Waals surface area contributed by atoms with Gasteiger partial charge in [-0.15, -0.1) is 0 Å². The van der Waals surface area contributed by atoms with Crippen LogP contribution in [0.15, 0.2) is 0 Å². The van der Waals surface area contributed by atoms with Crippen LogP contribution in [0.5, 0.6) is 0 Å². The molecule has 0 atom stereocenters. The standard InChI is InChI=1S/C11H15F3Si/c1-6-7(2)9(4)11(15(12,13)14)10(5)8(6)3/h1-5H3. The molecule has 1 aromatic carbocycles. The normalized spacial score (nSPS) is 12.0. The maximum atomic E-state index is 12.9. The van der Waals surface area contributed by atoms with Gasteiger partial charge in [-0.2, -0.15) is 0 Å². The lowest BCUT2D eigenvalue weighted by molar-refractivity contribution is 0.500. The Labute approximate surface area is 89.7 Å². The molecule has 84 valence electrons. The second kappa shape index (κ2) is 3.67. The summed E-state index contributed by atoms with van der Waals surface area (Å²) in [5, 5.41) is -0.330. The van der Waals surface area contributed by atoms with Gasteiger partial charge in [-0.3, -0.25) is 0 Å². The summed E-state index contributed by atoms with van der Waals surface area (Å²) >= 11 is 0. The van der Waals surface area contributed by atoms with Gasteiger partial charge in [-0.25, -0.2) is 12.3 Å². The van der Waals surface area contributed by atoms with Crippen molar-refractivity contribution < 1.29 is 12.3 Å². The molecule has 0 aliphatic carbocycles. The average Bonchev–Trinajstić information content (AvgIpc) is 2.09. The summed E-state index contributed by atoms with van der Waals surface area (Å²) in [6, 6.07) is 0. The van der Waals surface area contributed by atoms with Crippen molar-refractivity contribution in [2.75, 3.05) is 0 Å². The zero-order valence-electron chi connectivity index (χ0n) is 9.63. The predicted molar refractivity (Wildman–Crippen MR) is 58.8 cm³/mol. The molecule has 0 spiro atoms. The van der Waals surface area contributed by atoms with E-state index in [9.17, 15) is 12.3 Å². The summed E-state index contributed by atoms with van der Waals surface area (Å²) in [7, 11) is -5.71. The van der Waals surface area contributed by atoms with Gasteiger partial charge in [0.1, 0.15) is 0 Å². The van der Waals surface area contributed by atoms with Crippen molar-refractivity contribution in [3.63, 3.8) is 0 Å². The van der Waals surface area contributed by atoms with E-state index in [0.29, 0.717) is 11.1 Å². The Morgan fingerprint density at radius 1 is 0.600 bits per heavy atom. The minimum atomic E-state index is -5.71. The lowest BCUT2D eigenvalue weighted by atomic mass is 9.95. The molecule has 0 radical (unpaired) electrons. The van der Waals surface area contributed by atoms with Gasteiger partial charge < -0.3 is 0 Å². The monoisotopic (exact) mass is 232 g/mol. The van der Waals surface area contributed by atoms with Crippen LogP contribution in [0.25, 0.3) is 0 Å². The number of hydrogen-bond acceptors (Lipinski definition) is 0. The molecule has 4 heteroatoms. The maximum absolute atomic E-state index is 12.9. The molecule has 0 saturated heterocycles. The zero-order chi connectivity index (χ0) is 12.0. The van der Waals surface area contributed by atoms with Crippen molar-refractivity contribution >= 4 is 14.3 Å². The van der Waals surface area contributed by atoms with E-state index in [2.05, 4.69) is 0 Å². The van der Waals surface area contributed by atoms with Gasteiger partial charge >= 0.3 is 9.08 Å². The smallest absolute Gasteiger partial charge is 0.234 e. The van der Waals surface area contributed by atoms with E-state index in [-0.39, 0.29) is 5.19 Å². The second-order valence-corrected chi connectivity index (χ2v) is 5.49. The van der Waals surface area contributed by atoms with Crippen LogP contribution in [0, 0.1) is 34.6 Å². The van der Waals surface area contributed by atoms with Crippen LogP contribution in [0.2, 0.25) is 0 Å². The summed E-state index contributed by atoms with van der Waals surface area (Å²) in [6.07, 6.45) is 0. The number of halogens is 3. The molecule has 0 unspecified atom stereocenters. The van der Waals surface area contributed by atoms with E-state index in [1.54, 1.807) is 27.7 Å². The Hall–Kier alpha value is -0.773. The summed E-state index contributed by atoms with van der Waals surface area (Å²) < 4.78 is 38.8. The Balaban J connectivity index is 3.68. The molecule has 0 bridgehead atoms. The summed E-state index contributed by atoms with van der Waals surface area (Å²) in [6.45, 7) is 8.56. The molecular weight excluding hydrogens is 217 g/mol. The molecule has 0 aromatic heterocycles. The Kier molecular flexibility index (Phi) is 3.00. The van der Waals surface area contributed by atoms with Crippen LogP contribution >= 0.6 is 0 Å². The van der Waals surface area contributed by atoms with Crippen molar-refractivity contribution in [3.05, 3.63) is 27.8 Å². The minimum absolute atomic E-state index is 0.330. The SMILES string of the molecule is Cc1c(C)c(C)c([Si](F)(F)F)c(C)c1C. The lowest BCUT2D eigenvalue weighted by Gasteiger charge is -2.18. The molecule has 0 heterocycles. The fourth-order valence-corrected chi connectivity index (χ4v) is 3.15. The minimum Gasteiger partial charge on any atom is -0.234 e. The van der Waals surface area contributed by atoms with Gasteiger partial charge in [0.25, 0.3) is 0 Å². The first-order chi connectivity index (χ1) is 6.68. The van der Waals surface area contributed by atoms with Gasteiger partial charge in [0.2, 0.25) is 0 Å². The maximum Gasteiger partial charge on any atom is 0.653 e. The summed E-state index contributed by atoms with van der Waals surface area (Å²) in [5.74, 6) is 0. The second-order valence-electron chi connectivity index (χ2n) is 4.00. The highest BCUT2D eigenvalue weighted by Gasteiger charge is 2.43. The largest absolute Gasteiger partial charge is 0.653 e. The van der Waals surface area contributed by atoms with Crippen LogP contribution in [0.4, 0.5) is 12.3 Å². The first-order valence-electron chi connectivity index (χ1n) is 4.82. The van der Waals surface area contributed by atoms with Gasteiger partial charge in [0.05, 0.1) is 0 Å². The molecule has 0 fully saturated rings.